The van der Waals surface area contributed by atoms with Gasteiger partial charge in [0.2, 0.25) is 0 Å². The van der Waals surface area contributed by atoms with Crippen molar-refractivity contribution in [1.82, 2.24) is 9.88 Å². The predicted molar refractivity (Wildman–Crippen MR) is 139 cm³/mol. The molecule has 1 heterocycles. The third kappa shape index (κ3) is 4.96. The van der Waals surface area contributed by atoms with E-state index in [2.05, 4.69) is 46.3 Å². The standard InChI is InChI=1S/C29H27ClN2O3/c30-26-15-14-25(28(33)31-23-12-10-22(11-13-23)29(34)35)27-24(26)16-17-32(27)18-19-6-8-21(9-7-19)20-4-2-1-3-5-20/h1-9,14-17,22-23H,10-13,18H2,(H,31,33)(H,34,35). The molecule has 0 aliphatic heterocycles. The summed E-state index contributed by atoms with van der Waals surface area (Å²) in [5.41, 5.74) is 4.85. The number of nitrogens with zero attached hydrogens (tertiary/aromatic N) is 1. The number of hydrogen-bond acceptors (Lipinski definition) is 2. The summed E-state index contributed by atoms with van der Waals surface area (Å²) in [5, 5.41) is 13.8. The molecule has 35 heavy (non-hydrogen) atoms. The van der Waals surface area contributed by atoms with Crippen LogP contribution in [0.3, 0.4) is 0 Å². The van der Waals surface area contributed by atoms with Crippen LogP contribution in [0, 0.1) is 5.92 Å². The molecule has 178 valence electrons. The molecule has 1 aliphatic carbocycles. The highest BCUT2D eigenvalue weighted by Gasteiger charge is 2.27. The van der Waals surface area contributed by atoms with E-state index in [1.807, 2.05) is 30.5 Å². The van der Waals surface area contributed by atoms with Crippen LogP contribution in [0.15, 0.2) is 79.0 Å². The van der Waals surface area contributed by atoms with Gasteiger partial charge in [0.25, 0.3) is 5.91 Å². The molecule has 0 spiro atoms. The predicted octanol–water partition coefficient (Wildman–Crippen LogP) is 6.38. The van der Waals surface area contributed by atoms with Crippen molar-refractivity contribution >= 4 is 34.4 Å². The van der Waals surface area contributed by atoms with Gasteiger partial charge in [-0.15, -0.1) is 0 Å². The summed E-state index contributed by atoms with van der Waals surface area (Å²) in [7, 11) is 0. The molecule has 0 radical (unpaired) electrons. The van der Waals surface area contributed by atoms with Gasteiger partial charge >= 0.3 is 5.97 Å². The number of carbonyl (C=O) groups is 2. The van der Waals surface area contributed by atoms with E-state index in [-0.39, 0.29) is 17.9 Å². The van der Waals surface area contributed by atoms with Gasteiger partial charge in [0.1, 0.15) is 0 Å². The number of amides is 1. The van der Waals surface area contributed by atoms with E-state index in [1.165, 1.54) is 5.56 Å². The van der Waals surface area contributed by atoms with Crippen molar-refractivity contribution in [3.63, 3.8) is 0 Å². The first-order chi connectivity index (χ1) is 17.0. The molecule has 4 aromatic rings. The fourth-order valence-electron chi connectivity index (χ4n) is 4.98. The third-order valence-electron chi connectivity index (χ3n) is 6.94. The second-order valence-corrected chi connectivity index (χ2v) is 9.63. The highest BCUT2D eigenvalue weighted by molar-refractivity contribution is 6.36. The number of hydrogen-bond donors (Lipinski definition) is 2. The average molecular weight is 487 g/mol. The zero-order chi connectivity index (χ0) is 24.4. The van der Waals surface area contributed by atoms with Crippen LogP contribution >= 0.6 is 11.6 Å². The normalized spacial score (nSPS) is 17.9. The lowest BCUT2D eigenvalue weighted by atomic mass is 9.86. The zero-order valence-corrected chi connectivity index (χ0v) is 20.0. The van der Waals surface area contributed by atoms with Crippen LogP contribution in [0.2, 0.25) is 5.02 Å². The van der Waals surface area contributed by atoms with Gasteiger partial charge in [-0.2, -0.15) is 0 Å². The maximum Gasteiger partial charge on any atom is 0.306 e. The summed E-state index contributed by atoms with van der Waals surface area (Å²) in [6.07, 6.45) is 4.50. The van der Waals surface area contributed by atoms with Crippen LogP contribution in [-0.4, -0.2) is 27.6 Å². The van der Waals surface area contributed by atoms with E-state index >= 15 is 0 Å². The second-order valence-electron chi connectivity index (χ2n) is 9.22. The average Bonchev–Trinajstić information content (AvgIpc) is 3.30. The van der Waals surface area contributed by atoms with Gasteiger partial charge in [0.15, 0.2) is 0 Å². The van der Waals surface area contributed by atoms with Crippen LogP contribution in [-0.2, 0) is 11.3 Å². The van der Waals surface area contributed by atoms with Crippen LogP contribution in [0.1, 0.15) is 41.6 Å². The van der Waals surface area contributed by atoms with Gasteiger partial charge in [-0.3, -0.25) is 9.59 Å². The summed E-state index contributed by atoms with van der Waals surface area (Å²) in [6.45, 7) is 0.614. The molecule has 0 atom stereocenters. The smallest absolute Gasteiger partial charge is 0.306 e. The van der Waals surface area contributed by atoms with Gasteiger partial charge < -0.3 is 15.0 Å². The summed E-state index contributed by atoms with van der Waals surface area (Å²) < 4.78 is 2.06. The zero-order valence-electron chi connectivity index (χ0n) is 19.3. The van der Waals surface area contributed by atoms with Crippen LogP contribution in [0.5, 0.6) is 0 Å². The van der Waals surface area contributed by atoms with Gasteiger partial charge in [-0.25, -0.2) is 0 Å². The molecule has 5 nitrogen and oxygen atoms in total. The minimum atomic E-state index is -0.746. The van der Waals surface area contributed by atoms with Crippen LogP contribution < -0.4 is 5.32 Å². The van der Waals surface area contributed by atoms with Crippen molar-refractivity contribution in [3.05, 3.63) is 95.1 Å². The van der Waals surface area contributed by atoms with E-state index in [4.69, 9.17) is 11.6 Å². The Morgan fingerprint density at radius 3 is 2.26 bits per heavy atom. The Kier molecular flexibility index (Phi) is 6.60. The van der Waals surface area contributed by atoms with Gasteiger partial charge in [0, 0.05) is 29.2 Å². The first-order valence-electron chi connectivity index (χ1n) is 11.9. The Bertz CT molecular complexity index is 1350. The summed E-state index contributed by atoms with van der Waals surface area (Å²) in [6, 6.07) is 24.2. The number of aliphatic carboxylic acids is 1. The van der Waals surface area contributed by atoms with Gasteiger partial charge in [-0.05, 0) is 60.6 Å². The molecule has 0 unspecified atom stereocenters. The maximum absolute atomic E-state index is 13.3. The topological polar surface area (TPSA) is 71.3 Å². The lowest BCUT2D eigenvalue weighted by molar-refractivity contribution is -0.142. The minimum Gasteiger partial charge on any atom is -0.481 e. The Morgan fingerprint density at radius 1 is 0.886 bits per heavy atom. The van der Waals surface area contributed by atoms with Crippen molar-refractivity contribution in [1.29, 1.82) is 0 Å². The molecule has 2 N–H and O–H groups in total. The molecule has 6 heteroatoms. The Labute approximate surface area is 209 Å². The number of rotatable bonds is 6. The SMILES string of the molecule is O=C(NC1CCC(C(=O)O)CC1)c1ccc(Cl)c2ccn(Cc3ccc(-c4ccccc4)cc3)c12. The fraction of sp³-hybridized carbons (Fsp3) is 0.241. The van der Waals surface area contributed by atoms with E-state index < -0.39 is 5.97 Å². The molecule has 1 aromatic heterocycles. The lowest BCUT2D eigenvalue weighted by Crippen LogP contribution is -2.38. The summed E-state index contributed by atoms with van der Waals surface area (Å²) >= 11 is 6.48. The van der Waals surface area contributed by atoms with E-state index in [0.29, 0.717) is 42.8 Å². The number of halogens is 1. The number of aromatic nitrogens is 1. The van der Waals surface area contributed by atoms with Crippen LogP contribution in [0.4, 0.5) is 0 Å². The van der Waals surface area contributed by atoms with Crippen LogP contribution in [0.25, 0.3) is 22.0 Å². The molecular formula is C29H27ClN2O3. The first-order valence-corrected chi connectivity index (χ1v) is 12.3. The second kappa shape index (κ2) is 9.96. The van der Waals surface area contributed by atoms with E-state index in [0.717, 1.165) is 22.0 Å². The maximum atomic E-state index is 13.3. The fourth-order valence-corrected chi connectivity index (χ4v) is 5.20. The Balaban J connectivity index is 1.37. The van der Waals surface area contributed by atoms with Gasteiger partial charge in [0.05, 0.1) is 17.0 Å². The molecular weight excluding hydrogens is 460 g/mol. The molecule has 1 aliphatic rings. The quantitative estimate of drug-likeness (QED) is 0.332. The number of fused-ring (bicyclic) bond motifs is 1. The van der Waals surface area contributed by atoms with E-state index in [9.17, 15) is 14.7 Å². The molecule has 5 rings (SSSR count). The first kappa shape index (κ1) is 23.2. The summed E-state index contributed by atoms with van der Waals surface area (Å²) in [4.78, 5) is 24.5. The molecule has 1 saturated carbocycles. The lowest BCUT2D eigenvalue weighted by Gasteiger charge is -2.27. The number of carbonyl (C=O) groups excluding carboxylic acids is 1. The highest BCUT2D eigenvalue weighted by atomic mass is 35.5. The minimum absolute atomic E-state index is 0.0160. The Hall–Kier alpha value is -3.57. The molecule has 3 aromatic carbocycles. The largest absolute Gasteiger partial charge is 0.481 e. The van der Waals surface area contributed by atoms with Crippen molar-refractivity contribution < 1.29 is 14.7 Å². The van der Waals surface area contributed by atoms with E-state index in [1.54, 1.807) is 12.1 Å². The highest BCUT2D eigenvalue weighted by Crippen LogP contribution is 2.30. The number of carboxylic acids is 1. The Morgan fingerprint density at radius 2 is 1.57 bits per heavy atom. The summed E-state index contributed by atoms with van der Waals surface area (Å²) in [5.74, 6) is -1.20. The number of nitrogens with one attached hydrogen (secondary N) is 1. The number of benzene rings is 3. The van der Waals surface area contributed by atoms with Gasteiger partial charge in [-0.1, -0.05) is 66.2 Å². The van der Waals surface area contributed by atoms with Crippen molar-refractivity contribution in [2.45, 2.75) is 38.3 Å². The molecule has 0 saturated heterocycles. The molecule has 1 fully saturated rings. The third-order valence-corrected chi connectivity index (χ3v) is 7.27. The van der Waals surface area contributed by atoms with Crippen molar-refractivity contribution in [2.75, 3.05) is 0 Å². The monoisotopic (exact) mass is 486 g/mol. The number of carboxylic acid groups (broad SMARTS) is 1. The van der Waals surface area contributed by atoms with Crippen molar-refractivity contribution in [3.8, 4) is 11.1 Å². The molecule has 0 bridgehead atoms. The molecule has 1 amide bonds. The van der Waals surface area contributed by atoms with Crippen molar-refractivity contribution in [2.24, 2.45) is 5.92 Å².